The molecule has 40 heavy (non-hydrogen) atoms. The van der Waals surface area contributed by atoms with Crippen LogP contribution in [-0.4, -0.2) is 67.1 Å². The molecule has 0 spiro atoms. The Balaban J connectivity index is 1.35. The van der Waals surface area contributed by atoms with Crippen LogP contribution in [0.25, 0.3) is 0 Å². The number of benzene rings is 2. The van der Waals surface area contributed by atoms with Gasteiger partial charge in [-0.25, -0.2) is 8.42 Å². The van der Waals surface area contributed by atoms with Crippen molar-refractivity contribution in [2.45, 2.75) is 49.0 Å². The second kappa shape index (κ2) is 9.82. The van der Waals surface area contributed by atoms with E-state index in [9.17, 15) is 21.6 Å². The first-order chi connectivity index (χ1) is 19.0. The molecular formula is C27H30F3N5O4S. The molecular weight excluding hydrogens is 547 g/mol. The van der Waals surface area contributed by atoms with Gasteiger partial charge >= 0.3 is 6.18 Å². The molecule has 3 aliphatic heterocycles. The molecule has 4 heterocycles. The Kier molecular flexibility index (Phi) is 6.68. The van der Waals surface area contributed by atoms with E-state index >= 15 is 0 Å². The second-order valence-corrected chi connectivity index (χ2v) is 12.7. The summed E-state index contributed by atoms with van der Waals surface area (Å²) in [6.45, 7) is 4.15. The van der Waals surface area contributed by atoms with Gasteiger partial charge in [0.2, 0.25) is 0 Å². The van der Waals surface area contributed by atoms with Crippen LogP contribution in [0.1, 0.15) is 35.0 Å². The number of aryl methyl sites for hydroxylation is 1. The molecule has 13 heteroatoms. The van der Waals surface area contributed by atoms with Gasteiger partial charge in [0.15, 0.2) is 0 Å². The first kappa shape index (κ1) is 27.2. The van der Waals surface area contributed by atoms with E-state index in [4.69, 9.17) is 9.47 Å². The number of halogens is 3. The van der Waals surface area contributed by atoms with E-state index in [1.54, 1.807) is 24.5 Å². The van der Waals surface area contributed by atoms with Gasteiger partial charge in [-0.2, -0.15) is 13.2 Å². The summed E-state index contributed by atoms with van der Waals surface area (Å²) in [5.74, 6) is 0.756. The number of anilines is 1. The first-order valence-corrected chi connectivity index (χ1v) is 14.5. The molecule has 6 rings (SSSR count). The Morgan fingerprint density at radius 3 is 2.62 bits per heavy atom. The molecule has 2 fully saturated rings. The summed E-state index contributed by atoms with van der Waals surface area (Å²) in [6, 6.07) is 9.48. The minimum atomic E-state index is -4.70. The van der Waals surface area contributed by atoms with Crippen molar-refractivity contribution in [3.63, 3.8) is 0 Å². The molecule has 214 valence electrons. The average Bonchev–Trinajstić information content (AvgIpc) is 3.39. The predicted octanol–water partition coefficient (Wildman–Crippen LogP) is 3.27. The molecule has 0 N–H and O–H groups in total. The maximum Gasteiger partial charge on any atom is 0.416 e. The van der Waals surface area contributed by atoms with Crippen LogP contribution in [0.4, 0.5) is 18.9 Å². The van der Waals surface area contributed by atoms with Crippen molar-refractivity contribution in [2.24, 2.45) is 7.05 Å². The molecule has 0 unspecified atom stereocenters. The standard InChI is InChI=1S/C27H30F3N5O4S/c1-18-12-34(6-7-39-18)13-19-8-23(27(28,29)30)22-14-35(40(36,37)24(22)9-19)21-5-3-4-20(10-21)26(15-38-16-26)11-25-32-31-17-33(25)2/h3-5,8-10,17-18H,6-7,11-16H2,1-2H3/t18-/m0/s1. The summed E-state index contributed by atoms with van der Waals surface area (Å²) in [7, 11) is -2.39. The van der Waals surface area contributed by atoms with Crippen LogP contribution in [-0.2, 0) is 57.6 Å². The van der Waals surface area contributed by atoms with Crippen LogP contribution in [0.5, 0.6) is 0 Å². The van der Waals surface area contributed by atoms with E-state index in [2.05, 4.69) is 10.2 Å². The quantitative estimate of drug-likeness (QED) is 0.444. The van der Waals surface area contributed by atoms with Crippen LogP contribution >= 0.6 is 0 Å². The zero-order chi connectivity index (χ0) is 28.3. The van der Waals surface area contributed by atoms with Gasteiger partial charge < -0.3 is 14.0 Å². The third kappa shape index (κ3) is 4.78. The summed E-state index contributed by atoms with van der Waals surface area (Å²) >= 11 is 0. The lowest BCUT2D eigenvalue weighted by molar-refractivity contribution is -0.138. The lowest BCUT2D eigenvalue weighted by atomic mass is 9.75. The van der Waals surface area contributed by atoms with E-state index in [0.717, 1.165) is 21.8 Å². The van der Waals surface area contributed by atoms with Gasteiger partial charge in [0, 0.05) is 44.1 Å². The number of hydrogen-bond acceptors (Lipinski definition) is 7. The SMILES string of the molecule is C[C@H]1CN(Cc2cc(C(F)(F)F)c3c(c2)S(=O)(=O)N(c2cccc(C4(Cc5nncn5C)COC4)c2)C3)CCO1. The van der Waals surface area contributed by atoms with Gasteiger partial charge in [-0.15, -0.1) is 10.2 Å². The molecule has 0 amide bonds. The van der Waals surface area contributed by atoms with Gasteiger partial charge in [-0.3, -0.25) is 9.21 Å². The molecule has 0 radical (unpaired) electrons. The van der Waals surface area contributed by atoms with Gasteiger partial charge in [0.25, 0.3) is 10.0 Å². The van der Waals surface area contributed by atoms with Crippen LogP contribution in [0.2, 0.25) is 0 Å². The second-order valence-electron chi connectivity index (χ2n) is 10.9. The van der Waals surface area contributed by atoms with E-state index in [-0.39, 0.29) is 23.1 Å². The number of fused-ring (bicyclic) bond motifs is 1. The summed E-state index contributed by atoms with van der Waals surface area (Å²) in [5.41, 5.74) is -0.105. The highest BCUT2D eigenvalue weighted by Crippen LogP contribution is 2.44. The Labute approximate surface area is 230 Å². The van der Waals surface area contributed by atoms with Crippen molar-refractivity contribution in [1.82, 2.24) is 19.7 Å². The molecule has 1 aromatic heterocycles. The minimum absolute atomic E-state index is 0.0465. The van der Waals surface area contributed by atoms with Gasteiger partial charge in [0.1, 0.15) is 12.2 Å². The minimum Gasteiger partial charge on any atom is -0.379 e. The van der Waals surface area contributed by atoms with Crippen molar-refractivity contribution in [1.29, 1.82) is 0 Å². The topological polar surface area (TPSA) is 89.8 Å². The van der Waals surface area contributed by atoms with Gasteiger partial charge in [0.05, 0.1) is 48.6 Å². The number of sulfonamides is 1. The highest BCUT2D eigenvalue weighted by molar-refractivity contribution is 7.93. The van der Waals surface area contributed by atoms with Crippen molar-refractivity contribution in [2.75, 3.05) is 37.2 Å². The monoisotopic (exact) mass is 577 g/mol. The van der Waals surface area contributed by atoms with E-state index in [1.165, 1.54) is 6.07 Å². The van der Waals surface area contributed by atoms with Crippen molar-refractivity contribution < 1.29 is 31.1 Å². The van der Waals surface area contributed by atoms with Crippen LogP contribution < -0.4 is 4.31 Å². The fourth-order valence-electron chi connectivity index (χ4n) is 5.79. The fraction of sp³-hybridized carbons (Fsp3) is 0.481. The van der Waals surface area contributed by atoms with E-state index in [0.29, 0.717) is 50.6 Å². The Hall–Kier alpha value is -3.00. The molecule has 0 bridgehead atoms. The van der Waals surface area contributed by atoms with Crippen molar-refractivity contribution >= 4 is 15.7 Å². The maximum atomic E-state index is 14.3. The molecule has 2 aromatic carbocycles. The molecule has 2 saturated heterocycles. The lowest BCUT2D eigenvalue weighted by Crippen LogP contribution is -2.49. The Morgan fingerprint density at radius 1 is 1.18 bits per heavy atom. The fourth-order valence-corrected chi connectivity index (χ4v) is 7.50. The first-order valence-electron chi connectivity index (χ1n) is 13.1. The Bertz CT molecular complexity index is 1540. The number of rotatable bonds is 6. The number of aromatic nitrogens is 3. The number of ether oxygens (including phenoxy) is 2. The normalized spacial score (nSPS) is 22.2. The zero-order valence-corrected chi connectivity index (χ0v) is 23.0. The van der Waals surface area contributed by atoms with Crippen molar-refractivity contribution in [3.8, 4) is 0 Å². The van der Waals surface area contributed by atoms with Gasteiger partial charge in [-0.1, -0.05) is 12.1 Å². The third-order valence-corrected chi connectivity index (χ3v) is 9.82. The summed E-state index contributed by atoms with van der Waals surface area (Å²) in [4.78, 5) is 1.70. The van der Waals surface area contributed by atoms with E-state index in [1.807, 2.05) is 29.5 Å². The highest BCUT2D eigenvalue weighted by atomic mass is 32.2. The maximum absolute atomic E-state index is 14.3. The molecule has 0 aliphatic carbocycles. The Morgan fingerprint density at radius 2 is 1.98 bits per heavy atom. The molecule has 1 atom stereocenters. The molecule has 3 aliphatic rings. The molecule has 0 saturated carbocycles. The molecule has 3 aromatic rings. The zero-order valence-electron chi connectivity index (χ0n) is 22.2. The molecule has 9 nitrogen and oxygen atoms in total. The van der Waals surface area contributed by atoms with Gasteiger partial charge in [-0.05, 0) is 42.3 Å². The predicted molar refractivity (Wildman–Crippen MR) is 139 cm³/mol. The number of nitrogens with zero attached hydrogens (tertiary/aromatic N) is 5. The largest absolute Gasteiger partial charge is 0.416 e. The lowest BCUT2D eigenvalue weighted by Gasteiger charge is -2.42. The summed E-state index contributed by atoms with van der Waals surface area (Å²) in [6.07, 6.45) is -2.61. The summed E-state index contributed by atoms with van der Waals surface area (Å²) in [5, 5.41) is 8.12. The average molecular weight is 578 g/mol. The van der Waals surface area contributed by atoms with Crippen LogP contribution in [0, 0.1) is 0 Å². The third-order valence-electron chi connectivity index (χ3n) is 7.98. The van der Waals surface area contributed by atoms with Crippen LogP contribution in [0.3, 0.4) is 0 Å². The van der Waals surface area contributed by atoms with Crippen molar-refractivity contribution in [3.05, 3.63) is 70.8 Å². The summed E-state index contributed by atoms with van der Waals surface area (Å²) < 4.78 is 84.3. The smallest absolute Gasteiger partial charge is 0.379 e. The highest BCUT2D eigenvalue weighted by Gasteiger charge is 2.45. The number of morpholine rings is 1. The number of hydrogen-bond donors (Lipinski definition) is 0. The number of alkyl halides is 3. The van der Waals surface area contributed by atoms with E-state index < -0.39 is 33.7 Å². The van der Waals surface area contributed by atoms with Crippen LogP contribution in [0.15, 0.2) is 47.6 Å².